The van der Waals surface area contributed by atoms with E-state index >= 15 is 0 Å². The number of nitrogens with one attached hydrogen (secondary N) is 2. The number of aromatic nitrogens is 1. The second-order valence-electron chi connectivity index (χ2n) is 5.57. The third kappa shape index (κ3) is 6.71. The normalized spacial score (nSPS) is 12.6. The Labute approximate surface area is 123 Å². The highest BCUT2D eigenvalue weighted by molar-refractivity contribution is 5.96. The summed E-state index contributed by atoms with van der Waals surface area (Å²) in [5.41, 5.74) is -0.423. The molecule has 0 fully saturated rings. The molecule has 1 atom stereocenters. The topological polar surface area (TPSA) is 101 Å². The Bertz CT molecular complexity index is 494. The summed E-state index contributed by atoms with van der Waals surface area (Å²) in [6, 6.07) is 2.04. The molecule has 1 aromatic heterocycles. The summed E-state index contributed by atoms with van der Waals surface area (Å²) in [5.74, 6) is -0.481. The largest absolute Gasteiger partial charge is 0.506 e. The minimum absolute atomic E-state index is 0.00229. The fourth-order valence-corrected chi connectivity index (χ4v) is 1.43. The average molecular weight is 295 g/mol. The fraction of sp³-hybridized carbons (Fsp3) is 0.500. The first kappa shape index (κ1) is 16.9. The molecular formula is C14H21N3O4. The molecule has 1 rings (SSSR count). The number of carbonyl (C=O) groups is 2. The lowest BCUT2D eigenvalue weighted by Gasteiger charge is -2.24. The van der Waals surface area contributed by atoms with E-state index in [4.69, 9.17) is 9.84 Å². The molecule has 7 heteroatoms. The van der Waals surface area contributed by atoms with Crippen molar-refractivity contribution in [1.29, 1.82) is 0 Å². The van der Waals surface area contributed by atoms with Gasteiger partial charge in [-0.25, -0.2) is 4.98 Å². The molecule has 0 saturated heterocycles. The van der Waals surface area contributed by atoms with Gasteiger partial charge in [0.05, 0.1) is 18.4 Å². The van der Waals surface area contributed by atoms with Crippen molar-refractivity contribution in [2.24, 2.45) is 0 Å². The van der Waals surface area contributed by atoms with Gasteiger partial charge >= 0.3 is 0 Å². The van der Waals surface area contributed by atoms with Crippen LogP contribution in [0.3, 0.4) is 0 Å². The summed E-state index contributed by atoms with van der Waals surface area (Å²) >= 11 is 0. The molecular weight excluding hydrogens is 274 g/mol. The number of hydrogen-bond donors (Lipinski definition) is 3. The van der Waals surface area contributed by atoms with Crippen LogP contribution < -0.4 is 10.6 Å². The van der Waals surface area contributed by atoms with E-state index in [1.54, 1.807) is 0 Å². The van der Waals surface area contributed by atoms with E-state index in [0.717, 1.165) is 0 Å². The maximum Gasteiger partial charge on any atom is 0.250 e. The Morgan fingerprint density at radius 2 is 2.05 bits per heavy atom. The van der Waals surface area contributed by atoms with Gasteiger partial charge in [0, 0.05) is 6.92 Å². The Morgan fingerprint density at radius 1 is 1.38 bits per heavy atom. The number of aromatic hydroxyl groups is 1. The van der Waals surface area contributed by atoms with E-state index in [1.165, 1.54) is 25.3 Å². The van der Waals surface area contributed by atoms with Gasteiger partial charge in [-0.3, -0.25) is 9.59 Å². The van der Waals surface area contributed by atoms with Crippen molar-refractivity contribution in [2.75, 3.05) is 11.9 Å². The van der Waals surface area contributed by atoms with E-state index in [2.05, 4.69) is 15.6 Å². The van der Waals surface area contributed by atoms with Crippen LogP contribution in [-0.2, 0) is 14.3 Å². The minimum atomic E-state index is -0.822. The zero-order chi connectivity index (χ0) is 16.0. The smallest absolute Gasteiger partial charge is 0.250 e. The molecule has 116 valence electrons. The summed E-state index contributed by atoms with van der Waals surface area (Å²) in [5, 5.41) is 14.2. The number of hydrogen-bond acceptors (Lipinski definition) is 5. The average Bonchev–Trinajstić information content (AvgIpc) is 2.35. The molecule has 0 aromatic carbocycles. The number of nitrogens with zero attached hydrogens (tertiary/aromatic N) is 1. The first-order valence-corrected chi connectivity index (χ1v) is 6.54. The zero-order valence-electron chi connectivity index (χ0n) is 12.6. The molecule has 1 aromatic rings. The van der Waals surface area contributed by atoms with Crippen molar-refractivity contribution < 1.29 is 19.4 Å². The summed E-state index contributed by atoms with van der Waals surface area (Å²) in [6.07, 6.45) is 1.22. The van der Waals surface area contributed by atoms with Crippen LogP contribution in [0.25, 0.3) is 0 Å². The summed E-state index contributed by atoms with van der Waals surface area (Å²) in [6.45, 7) is 6.95. The number of rotatable bonds is 5. The predicted molar refractivity (Wildman–Crippen MR) is 77.8 cm³/mol. The molecule has 1 heterocycles. The molecule has 0 bridgehead atoms. The monoisotopic (exact) mass is 295 g/mol. The highest BCUT2D eigenvalue weighted by Gasteiger charge is 2.23. The van der Waals surface area contributed by atoms with E-state index < -0.39 is 17.6 Å². The molecule has 0 aliphatic heterocycles. The zero-order valence-corrected chi connectivity index (χ0v) is 12.6. The lowest BCUT2D eigenvalue weighted by molar-refractivity contribution is -0.128. The quantitative estimate of drug-likeness (QED) is 0.753. The fourth-order valence-electron chi connectivity index (χ4n) is 1.43. The van der Waals surface area contributed by atoms with Crippen molar-refractivity contribution in [2.45, 2.75) is 39.3 Å². The van der Waals surface area contributed by atoms with Crippen LogP contribution >= 0.6 is 0 Å². The second kappa shape index (κ2) is 7.03. The van der Waals surface area contributed by atoms with E-state index in [-0.39, 0.29) is 24.1 Å². The summed E-state index contributed by atoms with van der Waals surface area (Å²) < 4.78 is 5.53. The molecule has 21 heavy (non-hydrogen) atoms. The Balaban J connectivity index is 2.70. The highest BCUT2D eigenvalue weighted by Crippen LogP contribution is 2.11. The lowest BCUT2D eigenvalue weighted by atomic mass is 10.2. The SMILES string of the molecule is CC(=O)N[C@H](COC(C)(C)C)C(=O)Nc1ccc(O)cn1. The molecule has 0 saturated carbocycles. The second-order valence-corrected chi connectivity index (χ2v) is 5.57. The Kier molecular flexibility index (Phi) is 5.66. The van der Waals surface area contributed by atoms with Crippen LogP contribution in [0.1, 0.15) is 27.7 Å². The van der Waals surface area contributed by atoms with Gasteiger partial charge in [0.15, 0.2) is 0 Å². The molecule has 0 aliphatic rings. The van der Waals surface area contributed by atoms with Crippen molar-refractivity contribution in [1.82, 2.24) is 10.3 Å². The van der Waals surface area contributed by atoms with E-state index in [0.29, 0.717) is 0 Å². The van der Waals surface area contributed by atoms with Crippen LogP contribution in [0.15, 0.2) is 18.3 Å². The Hall–Kier alpha value is -2.15. The van der Waals surface area contributed by atoms with Gasteiger partial charge in [0.2, 0.25) is 5.91 Å². The molecule has 2 amide bonds. The minimum Gasteiger partial charge on any atom is -0.506 e. The molecule has 0 spiro atoms. The van der Waals surface area contributed by atoms with Gasteiger partial charge < -0.3 is 20.5 Å². The van der Waals surface area contributed by atoms with Crippen molar-refractivity contribution in [3.8, 4) is 5.75 Å². The first-order chi connectivity index (χ1) is 9.67. The third-order valence-electron chi connectivity index (χ3n) is 2.38. The molecule has 3 N–H and O–H groups in total. The van der Waals surface area contributed by atoms with Crippen molar-refractivity contribution >= 4 is 17.6 Å². The number of carbonyl (C=O) groups excluding carboxylic acids is 2. The van der Waals surface area contributed by atoms with Crippen LogP contribution in [0.4, 0.5) is 5.82 Å². The molecule has 7 nitrogen and oxygen atoms in total. The molecule has 0 unspecified atom stereocenters. The van der Waals surface area contributed by atoms with Gasteiger partial charge in [0.25, 0.3) is 5.91 Å². The van der Waals surface area contributed by atoms with E-state index in [9.17, 15) is 9.59 Å². The Morgan fingerprint density at radius 3 is 2.52 bits per heavy atom. The summed E-state index contributed by atoms with van der Waals surface area (Å²) in [4.78, 5) is 27.2. The molecule has 0 radical (unpaired) electrons. The highest BCUT2D eigenvalue weighted by atomic mass is 16.5. The van der Waals surface area contributed by atoms with E-state index in [1.807, 2.05) is 20.8 Å². The van der Waals surface area contributed by atoms with Gasteiger partial charge in [-0.05, 0) is 32.9 Å². The van der Waals surface area contributed by atoms with Crippen molar-refractivity contribution in [3.63, 3.8) is 0 Å². The van der Waals surface area contributed by atoms with Crippen LogP contribution in [0.2, 0.25) is 0 Å². The first-order valence-electron chi connectivity index (χ1n) is 6.54. The van der Waals surface area contributed by atoms with Crippen molar-refractivity contribution in [3.05, 3.63) is 18.3 Å². The van der Waals surface area contributed by atoms with Gasteiger partial charge in [-0.2, -0.15) is 0 Å². The van der Waals surface area contributed by atoms with Crippen LogP contribution in [0.5, 0.6) is 5.75 Å². The lowest BCUT2D eigenvalue weighted by Crippen LogP contribution is -2.47. The maximum atomic E-state index is 12.1. The number of amides is 2. The maximum absolute atomic E-state index is 12.1. The third-order valence-corrected chi connectivity index (χ3v) is 2.38. The van der Waals surface area contributed by atoms with Gasteiger partial charge in [-0.1, -0.05) is 0 Å². The number of anilines is 1. The standard InChI is InChI=1S/C14H21N3O4/c1-9(18)16-11(8-21-14(2,3)4)13(20)17-12-6-5-10(19)7-15-12/h5-7,11,19H,8H2,1-4H3,(H,16,18)(H,15,17,20)/t11-/m1/s1. The summed E-state index contributed by atoms with van der Waals surface area (Å²) in [7, 11) is 0. The van der Waals surface area contributed by atoms with Crippen LogP contribution in [0, 0.1) is 0 Å². The van der Waals surface area contributed by atoms with Gasteiger partial charge in [-0.15, -0.1) is 0 Å². The van der Waals surface area contributed by atoms with Gasteiger partial charge in [0.1, 0.15) is 17.6 Å². The number of ether oxygens (including phenoxy) is 1. The molecule has 0 aliphatic carbocycles. The van der Waals surface area contributed by atoms with Crippen LogP contribution in [-0.4, -0.2) is 40.2 Å². The predicted octanol–water partition coefficient (Wildman–Crippen LogP) is 1.05. The number of pyridine rings is 1.